The van der Waals surface area contributed by atoms with Crippen molar-refractivity contribution in [3.05, 3.63) is 59.0 Å². The third-order valence-electron chi connectivity index (χ3n) is 6.95. The van der Waals surface area contributed by atoms with Crippen LogP contribution in [0.2, 0.25) is 0 Å². The number of thiophene rings is 1. The smallest absolute Gasteiger partial charge is 0.162 e. The summed E-state index contributed by atoms with van der Waals surface area (Å²) in [5, 5.41) is 11.5. The Morgan fingerprint density at radius 2 is 1.66 bits per heavy atom. The molecule has 38 heavy (non-hydrogen) atoms. The van der Waals surface area contributed by atoms with Gasteiger partial charge >= 0.3 is 0 Å². The maximum absolute atomic E-state index is 7.90. The Morgan fingerprint density at radius 3 is 2.37 bits per heavy atom. The van der Waals surface area contributed by atoms with Crippen LogP contribution in [0.5, 0.6) is 0 Å². The molecule has 2 aliphatic heterocycles. The van der Waals surface area contributed by atoms with E-state index in [4.69, 9.17) is 30.6 Å². The molecule has 6 rings (SSSR count). The van der Waals surface area contributed by atoms with Crippen molar-refractivity contribution in [3.8, 4) is 11.4 Å². The van der Waals surface area contributed by atoms with Crippen molar-refractivity contribution in [2.75, 3.05) is 73.5 Å². The Hall–Kier alpha value is -3.73. The number of morpholine rings is 2. The van der Waals surface area contributed by atoms with Crippen LogP contribution in [0.4, 0.5) is 22.9 Å². The third-order valence-corrected chi connectivity index (χ3v) is 8.07. The fraction of sp³-hybridized carbons (Fsp3) is 0.321. The molecular formula is C28H31N7O2S. The molecule has 9 nitrogen and oxygen atoms in total. The number of nitrogens with zero attached hydrogens (tertiary/aromatic N) is 4. The zero-order valence-electron chi connectivity index (χ0n) is 21.2. The Morgan fingerprint density at radius 1 is 0.947 bits per heavy atom. The van der Waals surface area contributed by atoms with Crippen LogP contribution in [0.3, 0.4) is 0 Å². The summed E-state index contributed by atoms with van der Waals surface area (Å²) >= 11 is 1.72. The third kappa shape index (κ3) is 5.02. The monoisotopic (exact) mass is 529 g/mol. The molecular weight excluding hydrogens is 498 g/mol. The number of nitrogens with two attached hydrogens (primary N) is 1. The Labute approximate surface area is 225 Å². The number of hydrogen-bond acceptors (Lipinski definition) is 10. The minimum atomic E-state index is 0.545. The average molecular weight is 530 g/mol. The van der Waals surface area contributed by atoms with Crippen LogP contribution in [0.1, 0.15) is 10.4 Å². The number of aromatic nitrogens is 2. The highest BCUT2D eigenvalue weighted by Gasteiger charge is 2.21. The van der Waals surface area contributed by atoms with Gasteiger partial charge in [0.25, 0.3) is 0 Å². The normalized spacial score (nSPS) is 16.1. The van der Waals surface area contributed by atoms with Crippen molar-refractivity contribution in [3.63, 3.8) is 0 Å². The SMILES string of the molecule is N=Cc1c(N)cccc1-c1nc(N2CCOCC2)c2sc(CNc3ccc(N4CCOCC4)cc3)cc2n1. The summed E-state index contributed by atoms with van der Waals surface area (Å²) in [7, 11) is 0. The fourth-order valence-electron chi connectivity index (χ4n) is 4.90. The molecule has 0 bridgehead atoms. The number of fused-ring (bicyclic) bond motifs is 1. The quantitative estimate of drug-likeness (QED) is 0.241. The molecule has 4 N–H and O–H groups in total. The van der Waals surface area contributed by atoms with Gasteiger partial charge in [0.2, 0.25) is 0 Å². The molecule has 0 aliphatic carbocycles. The summed E-state index contributed by atoms with van der Waals surface area (Å²) in [6, 6.07) is 16.3. The molecule has 4 heterocycles. The van der Waals surface area contributed by atoms with Crippen molar-refractivity contribution >= 4 is 50.6 Å². The summed E-state index contributed by atoms with van der Waals surface area (Å²) < 4.78 is 12.1. The highest BCUT2D eigenvalue weighted by atomic mass is 32.1. The molecule has 0 saturated carbocycles. The van der Waals surface area contributed by atoms with Crippen molar-refractivity contribution in [2.45, 2.75) is 6.54 Å². The predicted molar refractivity (Wildman–Crippen MR) is 155 cm³/mol. The fourth-order valence-corrected chi connectivity index (χ4v) is 5.95. The van der Waals surface area contributed by atoms with Crippen LogP contribution >= 0.6 is 11.3 Å². The van der Waals surface area contributed by atoms with Gasteiger partial charge in [-0.15, -0.1) is 11.3 Å². The van der Waals surface area contributed by atoms with Crippen molar-refractivity contribution in [1.29, 1.82) is 5.41 Å². The van der Waals surface area contributed by atoms with Gasteiger partial charge in [-0.05, 0) is 36.4 Å². The van der Waals surface area contributed by atoms with Crippen molar-refractivity contribution in [2.24, 2.45) is 0 Å². The maximum Gasteiger partial charge on any atom is 0.162 e. The molecule has 4 aromatic rings. The number of benzene rings is 2. The van der Waals surface area contributed by atoms with E-state index in [-0.39, 0.29) is 0 Å². The van der Waals surface area contributed by atoms with Gasteiger partial charge in [-0.1, -0.05) is 12.1 Å². The number of rotatable bonds is 7. The Kier molecular flexibility index (Phi) is 7.08. The summed E-state index contributed by atoms with van der Waals surface area (Å²) in [5.74, 6) is 1.50. The van der Waals surface area contributed by atoms with Crippen molar-refractivity contribution < 1.29 is 9.47 Å². The molecule has 0 spiro atoms. The van der Waals surface area contributed by atoms with Gasteiger partial charge in [0, 0.05) is 72.0 Å². The molecule has 2 aromatic heterocycles. The van der Waals surface area contributed by atoms with Gasteiger partial charge in [-0.25, -0.2) is 9.97 Å². The van der Waals surface area contributed by atoms with Crippen LogP contribution in [-0.2, 0) is 16.0 Å². The van der Waals surface area contributed by atoms with Crippen LogP contribution in [0, 0.1) is 5.41 Å². The highest BCUT2D eigenvalue weighted by Crippen LogP contribution is 2.36. The molecule has 196 valence electrons. The molecule has 10 heteroatoms. The van der Waals surface area contributed by atoms with Gasteiger partial charge in [0.1, 0.15) is 0 Å². The second-order valence-electron chi connectivity index (χ2n) is 9.35. The second kappa shape index (κ2) is 10.9. The van der Waals surface area contributed by atoms with Gasteiger partial charge in [0.15, 0.2) is 11.6 Å². The molecule has 0 atom stereocenters. The highest BCUT2D eigenvalue weighted by molar-refractivity contribution is 7.19. The predicted octanol–water partition coefficient (Wildman–Crippen LogP) is 4.22. The van der Waals surface area contributed by atoms with Crippen LogP contribution in [-0.4, -0.2) is 68.8 Å². The molecule has 2 fully saturated rings. The largest absolute Gasteiger partial charge is 0.398 e. The second-order valence-corrected chi connectivity index (χ2v) is 10.5. The first kappa shape index (κ1) is 24.6. The Balaban J connectivity index is 1.29. The first-order valence-electron chi connectivity index (χ1n) is 12.9. The zero-order chi connectivity index (χ0) is 25.9. The summed E-state index contributed by atoms with van der Waals surface area (Å²) in [6.45, 7) is 7.02. The summed E-state index contributed by atoms with van der Waals surface area (Å²) in [5.41, 5.74) is 11.3. The molecule has 0 unspecified atom stereocenters. The van der Waals surface area contributed by atoms with Gasteiger partial charge in [-0.3, -0.25) is 0 Å². The van der Waals surface area contributed by atoms with E-state index in [0.717, 1.165) is 66.7 Å². The lowest BCUT2D eigenvalue weighted by Gasteiger charge is -2.28. The minimum absolute atomic E-state index is 0.545. The lowest BCUT2D eigenvalue weighted by Crippen LogP contribution is -2.36. The summed E-state index contributed by atoms with van der Waals surface area (Å²) in [4.78, 5) is 15.7. The van der Waals surface area contributed by atoms with E-state index in [1.54, 1.807) is 17.4 Å². The van der Waals surface area contributed by atoms with E-state index in [1.165, 1.54) is 16.8 Å². The topological polar surface area (TPSA) is 113 Å². The maximum atomic E-state index is 7.90. The summed E-state index contributed by atoms with van der Waals surface area (Å²) in [6.07, 6.45) is 1.28. The first-order valence-corrected chi connectivity index (χ1v) is 13.7. The number of anilines is 4. The zero-order valence-corrected chi connectivity index (χ0v) is 22.0. The van der Waals surface area contributed by atoms with E-state index < -0.39 is 0 Å². The van der Waals surface area contributed by atoms with Crippen LogP contribution < -0.4 is 20.9 Å². The van der Waals surface area contributed by atoms with Crippen molar-refractivity contribution in [1.82, 2.24) is 9.97 Å². The van der Waals surface area contributed by atoms with Gasteiger partial charge < -0.3 is 35.7 Å². The molecule has 0 amide bonds. The van der Waals surface area contributed by atoms with Gasteiger partial charge in [0.05, 0.1) is 36.6 Å². The first-order chi connectivity index (χ1) is 18.7. The van der Waals surface area contributed by atoms with E-state index in [0.29, 0.717) is 36.8 Å². The van der Waals surface area contributed by atoms with E-state index in [1.807, 2.05) is 12.1 Å². The average Bonchev–Trinajstić information content (AvgIpc) is 3.40. The minimum Gasteiger partial charge on any atom is -0.398 e. The molecule has 2 aromatic carbocycles. The Bertz CT molecular complexity index is 1430. The molecule has 2 aliphatic rings. The lowest BCUT2D eigenvalue weighted by molar-refractivity contribution is 0.122. The van der Waals surface area contributed by atoms with E-state index in [2.05, 4.69) is 45.4 Å². The standard InChI is InChI=1S/C28H31N7O2S/c29-17-23-22(2-1-3-24(23)30)27-32-25-16-21(38-26(25)28(33-27)35-10-14-37-15-11-35)18-31-19-4-6-20(7-5-19)34-8-12-36-13-9-34/h1-7,16-17,29,31H,8-15,18,30H2. The lowest BCUT2D eigenvalue weighted by atomic mass is 10.1. The number of nitrogens with one attached hydrogen (secondary N) is 2. The van der Waals surface area contributed by atoms with E-state index >= 15 is 0 Å². The molecule has 2 saturated heterocycles. The molecule has 0 radical (unpaired) electrons. The van der Waals surface area contributed by atoms with E-state index in [9.17, 15) is 0 Å². The number of hydrogen-bond donors (Lipinski definition) is 3. The van der Waals surface area contributed by atoms with Crippen LogP contribution in [0.25, 0.3) is 21.6 Å². The van der Waals surface area contributed by atoms with Gasteiger partial charge in [-0.2, -0.15) is 0 Å². The number of ether oxygens (including phenoxy) is 2. The number of nitrogen functional groups attached to an aromatic ring is 1. The van der Waals surface area contributed by atoms with Crippen LogP contribution in [0.15, 0.2) is 48.5 Å².